The van der Waals surface area contributed by atoms with Crippen LogP contribution in [0, 0.1) is 11.8 Å². The molecule has 0 spiro atoms. The van der Waals surface area contributed by atoms with Gasteiger partial charge in [0.1, 0.15) is 0 Å². The highest BCUT2D eigenvalue weighted by atomic mass is 15.2. The molecular weight excluding hydrogens is 160 g/mol. The van der Waals surface area contributed by atoms with Crippen LogP contribution in [0.1, 0.15) is 33.6 Å². The Kier molecular flexibility index (Phi) is 3.74. The predicted octanol–water partition coefficient (Wildman–Crippen LogP) is 1.70. The summed E-state index contributed by atoms with van der Waals surface area (Å²) in [7, 11) is 2.24. The van der Waals surface area contributed by atoms with Gasteiger partial charge >= 0.3 is 0 Å². The van der Waals surface area contributed by atoms with E-state index in [1.54, 1.807) is 0 Å². The minimum absolute atomic E-state index is 0.603. The molecule has 0 radical (unpaired) electrons. The molecule has 0 aromatic carbocycles. The molecule has 1 fully saturated rings. The standard InChI is InChI=1S/C11H24N2/c1-8(7-12)9(2)13(4)10(3)11-5-6-11/h8-11H,5-7,12H2,1-4H3. The lowest BCUT2D eigenvalue weighted by Crippen LogP contribution is -2.43. The summed E-state index contributed by atoms with van der Waals surface area (Å²) in [6.45, 7) is 7.66. The first-order chi connectivity index (χ1) is 6.07. The Morgan fingerprint density at radius 2 is 1.85 bits per heavy atom. The number of hydrogen-bond donors (Lipinski definition) is 1. The average molecular weight is 184 g/mol. The Labute approximate surface area is 82.5 Å². The molecule has 2 N–H and O–H groups in total. The Balaban J connectivity index is 2.39. The molecule has 13 heavy (non-hydrogen) atoms. The third-order valence-corrected chi connectivity index (χ3v) is 3.78. The summed E-state index contributed by atoms with van der Waals surface area (Å²) in [4.78, 5) is 2.50. The number of nitrogens with two attached hydrogens (primary N) is 1. The van der Waals surface area contributed by atoms with E-state index in [9.17, 15) is 0 Å². The fourth-order valence-corrected chi connectivity index (χ4v) is 1.88. The zero-order valence-electron chi connectivity index (χ0n) is 9.46. The van der Waals surface area contributed by atoms with Crippen LogP contribution in [0.5, 0.6) is 0 Å². The summed E-state index contributed by atoms with van der Waals surface area (Å²) in [6.07, 6.45) is 2.85. The van der Waals surface area contributed by atoms with Gasteiger partial charge < -0.3 is 10.6 Å². The van der Waals surface area contributed by atoms with Crippen molar-refractivity contribution in [3.63, 3.8) is 0 Å². The average Bonchev–Trinajstić information content (AvgIpc) is 2.96. The molecule has 0 aromatic rings. The number of hydrogen-bond acceptors (Lipinski definition) is 2. The van der Waals surface area contributed by atoms with Crippen molar-refractivity contribution >= 4 is 0 Å². The summed E-state index contributed by atoms with van der Waals surface area (Å²) in [5.41, 5.74) is 5.68. The third kappa shape index (κ3) is 2.68. The monoisotopic (exact) mass is 184 g/mol. The van der Waals surface area contributed by atoms with E-state index in [1.807, 2.05) is 0 Å². The Bertz CT molecular complexity index is 154. The van der Waals surface area contributed by atoms with Crippen LogP contribution in [0.25, 0.3) is 0 Å². The van der Waals surface area contributed by atoms with Gasteiger partial charge in [-0.05, 0) is 52.1 Å². The summed E-state index contributed by atoms with van der Waals surface area (Å²) < 4.78 is 0. The Morgan fingerprint density at radius 1 is 1.31 bits per heavy atom. The molecular formula is C11H24N2. The quantitative estimate of drug-likeness (QED) is 0.704. The topological polar surface area (TPSA) is 29.3 Å². The van der Waals surface area contributed by atoms with Gasteiger partial charge in [0.25, 0.3) is 0 Å². The summed E-state index contributed by atoms with van der Waals surface area (Å²) in [5, 5.41) is 0. The minimum atomic E-state index is 0.603. The SMILES string of the molecule is CC(CN)C(C)N(C)C(C)C1CC1. The molecule has 0 heterocycles. The summed E-state index contributed by atoms with van der Waals surface area (Å²) in [5.74, 6) is 1.56. The van der Waals surface area contributed by atoms with E-state index < -0.39 is 0 Å². The van der Waals surface area contributed by atoms with Crippen molar-refractivity contribution in [3.8, 4) is 0 Å². The van der Waals surface area contributed by atoms with E-state index in [4.69, 9.17) is 5.73 Å². The second kappa shape index (κ2) is 4.43. The van der Waals surface area contributed by atoms with E-state index in [1.165, 1.54) is 12.8 Å². The minimum Gasteiger partial charge on any atom is -0.330 e. The van der Waals surface area contributed by atoms with Gasteiger partial charge in [-0.3, -0.25) is 0 Å². The lowest BCUT2D eigenvalue weighted by molar-refractivity contribution is 0.140. The molecule has 1 rings (SSSR count). The first kappa shape index (κ1) is 11.0. The fraction of sp³-hybridized carbons (Fsp3) is 1.00. The van der Waals surface area contributed by atoms with Crippen molar-refractivity contribution in [1.29, 1.82) is 0 Å². The molecule has 0 saturated heterocycles. The van der Waals surface area contributed by atoms with Gasteiger partial charge in [0.2, 0.25) is 0 Å². The molecule has 3 atom stereocenters. The molecule has 1 aliphatic carbocycles. The van der Waals surface area contributed by atoms with E-state index >= 15 is 0 Å². The van der Waals surface area contributed by atoms with Crippen LogP contribution in [-0.4, -0.2) is 30.6 Å². The highest BCUT2D eigenvalue weighted by Crippen LogP contribution is 2.35. The third-order valence-electron chi connectivity index (χ3n) is 3.78. The largest absolute Gasteiger partial charge is 0.330 e. The van der Waals surface area contributed by atoms with Crippen molar-refractivity contribution in [3.05, 3.63) is 0 Å². The molecule has 1 aliphatic rings. The molecule has 0 aromatic heterocycles. The zero-order chi connectivity index (χ0) is 10.0. The molecule has 0 aliphatic heterocycles. The van der Waals surface area contributed by atoms with Crippen LogP contribution in [0.4, 0.5) is 0 Å². The lowest BCUT2D eigenvalue weighted by Gasteiger charge is -2.34. The summed E-state index contributed by atoms with van der Waals surface area (Å²) >= 11 is 0. The maximum atomic E-state index is 5.68. The van der Waals surface area contributed by atoms with Gasteiger partial charge in [-0.1, -0.05) is 6.92 Å². The van der Waals surface area contributed by atoms with Crippen LogP contribution < -0.4 is 5.73 Å². The lowest BCUT2D eigenvalue weighted by atomic mass is 10.0. The van der Waals surface area contributed by atoms with E-state index in [2.05, 4.69) is 32.7 Å². The van der Waals surface area contributed by atoms with Crippen LogP contribution in [0.3, 0.4) is 0 Å². The smallest absolute Gasteiger partial charge is 0.0104 e. The highest BCUT2D eigenvalue weighted by molar-refractivity contribution is 4.86. The van der Waals surface area contributed by atoms with Crippen molar-refractivity contribution in [2.24, 2.45) is 17.6 Å². The van der Waals surface area contributed by atoms with Gasteiger partial charge in [-0.2, -0.15) is 0 Å². The van der Waals surface area contributed by atoms with Crippen molar-refractivity contribution < 1.29 is 0 Å². The van der Waals surface area contributed by atoms with Crippen molar-refractivity contribution in [1.82, 2.24) is 4.90 Å². The van der Waals surface area contributed by atoms with E-state index in [0.29, 0.717) is 12.0 Å². The molecule has 2 heteroatoms. The van der Waals surface area contributed by atoms with Crippen LogP contribution >= 0.6 is 0 Å². The van der Waals surface area contributed by atoms with E-state index in [0.717, 1.165) is 18.5 Å². The number of rotatable bonds is 5. The normalized spacial score (nSPS) is 24.5. The maximum absolute atomic E-state index is 5.68. The first-order valence-corrected chi connectivity index (χ1v) is 5.50. The number of nitrogens with zero attached hydrogens (tertiary/aromatic N) is 1. The molecule has 0 bridgehead atoms. The second-order valence-electron chi connectivity index (χ2n) is 4.70. The molecule has 3 unspecified atom stereocenters. The van der Waals surface area contributed by atoms with Gasteiger partial charge in [-0.25, -0.2) is 0 Å². The van der Waals surface area contributed by atoms with Crippen molar-refractivity contribution in [2.75, 3.05) is 13.6 Å². The van der Waals surface area contributed by atoms with Crippen molar-refractivity contribution in [2.45, 2.75) is 45.7 Å². The van der Waals surface area contributed by atoms with Crippen LogP contribution in [0.2, 0.25) is 0 Å². The Hall–Kier alpha value is -0.0800. The Morgan fingerprint density at radius 3 is 2.23 bits per heavy atom. The molecule has 0 amide bonds. The maximum Gasteiger partial charge on any atom is 0.0104 e. The molecule has 2 nitrogen and oxygen atoms in total. The summed E-state index contributed by atoms with van der Waals surface area (Å²) in [6, 6.07) is 1.35. The van der Waals surface area contributed by atoms with Gasteiger partial charge in [0.15, 0.2) is 0 Å². The van der Waals surface area contributed by atoms with E-state index in [-0.39, 0.29) is 0 Å². The highest BCUT2D eigenvalue weighted by Gasteiger charge is 2.32. The first-order valence-electron chi connectivity index (χ1n) is 5.50. The van der Waals surface area contributed by atoms with Gasteiger partial charge in [0, 0.05) is 12.1 Å². The van der Waals surface area contributed by atoms with Gasteiger partial charge in [0.05, 0.1) is 0 Å². The zero-order valence-corrected chi connectivity index (χ0v) is 9.46. The fourth-order valence-electron chi connectivity index (χ4n) is 1.88. The second-order valence-corrected chi connectivity index (χ2v) is 4.70. The molecule has 1 saturated carbocycles. The predicted molar refractivity (Wildman–Crippen MR) is 57.6 cm³/mol. The van der Waals surface area contributed by atoms with Gasteiger partial charge in [-0.15, -0.1) is 0 Å². The van der Waals surface area contributed by atoms with Crippen LogP contribution in [0.15, 0.2) is 0 Å². The van der Waals surface area contributed by atoms with Crippen LogP contribution in [-0.2, 0) is 0 Å². The molecule has 78 valence electrons.